The smallest absolute Gasteiger partial charge is 0.326 e. The van der Waals surface area contributed by atoms with Gasteiger partial charge in [-0.25, -0.2) is 4.79 Å². The quantitative estimate of drug-likeness (QED) is 0.0612. The number of carbonyl (C=O) groups excluding carboxylic acids is 6. The number of thioether (sulfide) groups is 1. The first-order valence-electron chi connectivity index (χ1n) is 13.0. The Morgan fingerprint density at radius 3 is 1.62 bits per heavy atom. The molecule has 0 unspecified atom stereocenters. The number of aliphatic carboxylic acids is 2. The third kappa shape index (κ3) is 14.6. The van der Waals surface area contributed by atoms with Crippen LogP contribution in [0.4, 0.5) is 0 Å². The Morgan fingerprint density at radius 1 is 0.738 bits per heavy atom. The van der Waals surface area contributed by atoms with Gasteiger partial charge in [0, 0.05) is 6.42 Å². The minimum Gasteiger partial charge on any atom is -0.481 e. The maximum Gasteiger partial charge on any atom is 0.326 e. The minimum atomic E-state index is -1.68. The highest BCUT2D eigenvalue weighted by atomic mass is 32.2. The Kier molecular flexibility index (Phi) is 17.4. The monoisotopic (exact) mass is 619 g/mol. The van der Waals surface area contributed by atoms with Gasteiger partial charge in [0.15, 0.2) is 0 Å². The summed E-state index contributed by atoms with van der Waals surface area (Å²) in [5.41, 5.74) is 16.2. The second kappa shape index (κ2) is 19.2. The zero-order valence-electron chi connectivity index (χ0n) is 23.7. The van der Waals surface area contributed by atoms with Crippen molar-refractivity contribution in [1.29, 1.82) is 0 Å². The van der Waals surface area contributed by atoms with E-state index in [9.17, 15) is 43.5 Å². The van der Waals surface area contributed by atoms with Crippen molar-refractivity contribution in [3.8, 4) is 0 Å². The fourth-order valence-corrected chi connectivity index (χ4v) is 3.98. The molecule has 17 nitrogen and oxygen atoms in total. The third-order valence-corrected chi connectivity index (χ3v) is 6.75. The van der Waals surface area contributed by atoms with Crippen LogP contribution in [0.15, 0.2) is 0 Å². The van der Waals surface area contributed by atoms with E-state index in [1.54, 1.807) is 20.1 Å². The Bertz CT molecular complexity index is 1010. The highest BCUT2D eigenvalue weighted by Crippen LogP contribution is 2.09. The molecule has 0 aliphatic rings. The second-order valence-electron chi connectivity index (χ2n) is 9.55. The number of carbonyl (C=O) groups is 8. The van der Waals surface area contributed by atoms with Gasteiger partial charge in [-0.2, -0.15) is 11.8 Å². The van der Waals surface area contributed by atoms with Crippen LogP contribution in [0.1, 0.15) is 52.4 Å². The summed E-state index contributed by atoms with van der Waals surface area (Å²) in [7, 11) is 0. The normalized spacial score (nSPS) is 15.0. The number of hydrogen-bond donors (Lipinski definition) is 9. The first kappa shape index (κ1) is 38.1. The van der Waals surface area contributed by atoms with Gasteiger partial charge in [-0.05, 0) is 30.8 Å². The molecule has 18 heteroatoms. The van der Waals surface area contributed by atoms with E-state index in [4.69, 9.17) is 22.3 Å². The maximum absolute atomic E-state index is 13.1. The Morgan fingerprint density at radius 2 is 1.19 bits per heavy atom. The summed E-state index contributed by atoms with van der Waals surface area (Å²) in [4.78, 5) is 97.4. The van der Waals surface area contributed by atoms with Crippen LogP contribution in [-0.4, -0.2) is 99.8 Å². The maximum atomic E-state index is 13.1. The van der Waals surface area contributed by atoms with Crippen LogP contribution in [0.25, 0.3) is 0 Å². The van der Waals surface area contributed by atoms with E-state index in [0.717, 1.165) is 0 Å². The van der Waals surface area contributed by atoms with Gasteiger partial charge in [0.25, 0.3) is 0 Å². The molecule has 0 saturated carbocycles. The van der Waals surface area contributed by atoms with Crippen LogP contribution in [0.3, 0.4) is 0 Å². The molecule has 0 bridgehead atoms. The molecule has 238 valence electrons. The number of carboxylic acids is 2. The molecule has 0 aliphatic heterocycles. The van der Waals surface area contributed by atoms with Gasteiger partial charge in [-0.15, -0.1) is 0 Å². The third-order valence-electron chi connectivity index (χ3n) is 6.10. The SMILES string of the molecule is CC[C@H](C)[C@H](NC(=O)[C@H](CC(N)=O)NC(=O)[C@H](CCC(=O)O)NC(=O)[C@H](CC(N)=O)NC(=O)[C@@H](N)CCSC)C(=O)O. The number of hydrogen-bond acceptors (Lipinski definition) is 10. The summed E-state index contributed by atoms with van der Waals surface area (Å²) >= 11 is 1.43. The zero-order chi connectivity index (χ0) is 32.6. The van der Waals surface area contributed by atoms with Gasteiger partial charge in [0.2, 0.25) is 35.4 Å². The standard InChI is InChI=1S/C24H41N7O10S/c1-4-11(2)19(24(40)41)31-23(39)15(10-17(27)33)30-21(37)13(5-6-18(34)35)28-22(38)14(9-16(26)32)29-20(36)12(25)7-8-42-3/h11-15,19H,4-10,25H2,1-3H3,(H2,26,32)(H2,27,33)(H,28,38)(H,29,36)(H,30,37)(H,31,39)(H,34,35)(H,40,41)/t11-,12-,13-,14-,15-,19-/m0/s1. The van der Waals surface area contributed by atoms with Crippen LogP contribution in [0.5, 0.6) is 0 Å². The lowest BCUT2D eigenvalue weighted by atomic mass is 9.98. The van der Waals surface area contributed by atoms with Gasteiger partial charge >= 0.3 is 11.9 Å². The number of amides is 6. The van der Waals surface area contributed by atoms with Crippen molar-refractivity contribution >= 4 is 59.1 Å². The van der Waals surface area contributed by atoms with Gasteiger partial charge in [0.1, 0.15) is 24.2 Å². The molecule has 0 rings (SSSR count). The van der Waals surface area contributed by atoms with E-state index >= 15 is 0 Å². The molecule has 0 heterocycles. The lowest BCUT2D eigenvalue weighted by molar-refractivity contribution is -0.144. The highest BCUT2D eigenvalue weighted by Gasteiger charge is 2.34. The Labute approximate surface area is 246 Å². The summed E-state index contributed by atoms with van der Waals surface area (Å²) in [6.07, 6.45) is -0.148. The summed E-state index contributed by atoms with van der Waals surface area (Å²) in [5.74, 6) is -8.73. The summed E-state index contributed by atoms with van der Waals surface area (Å²) in [6.45, 7) is 3.26. The molecule has 12 N–H and O–H groups in total. The van der Waals surface area contributed by atoms with Crippen LogP contribution in [0.2, 0.25) is 0 Å². The van der Waals surface area contributed by atoms with Crippen molar-refractivity contribution in [3.63, 3.8) is 0 Å². The molecule has 0 saturated heterocycles. The van der Waals surface area contributed by atoms with E-state index in [1.165, 1.54) is 11.8 Å². The van der Waals surface area contributed by atoms with Crippen molar-refractivity contribution in [1.82, 2.24) is 21.3 Å². The fraction of sp³-hybridized carbons (Fsp3) is 0.667. The van der Waals surface area contributed by atoms with Gasteiger partial charge < -0.3 is 48.7 Å². The van der Waals surface area contributed by atoms with Crippen molar-refractivity contribution in [2.45, 2.75) is 82.6 Å². The largest absolute Gasteiger partial charge is 0.481 e. The number of nitrogens with two attached hydrogens (primary N) is 3. The highest BCUT2D eigenvalue weighted by molar-refractivity contribution is 7.98. The summed E-state index contributed by atoms with van der Waals surface area (Å²) in [5, 5.41) is 27.5. The van der Waals surface area contributed by atoms with Crippen LogP contribution in [-0.2, 0) is 38.4 Å². The van der Waals surface area contributed by atoms with Crippen molar-refractivity contribution < 1.29 is 48.6 Å². The lowest BCUT2D eigenvalue weighted by Crippen LogP contribution is -2.59. The first-order valence-corrected chi connectivity index (χ1v) is 14.4. The molecule has 0 spiro atoms. The molecule has 0 aromatic rings. The van der Waals surface area contributed by atoms with E-state index in [1.807, 2.05) is 0 Å². The van der Waals surface area contributed by atoms with Crippen molar-refractivity contribution in [2.75, 3.05) is 12.0 Å². The van der Waals surface area contributed by atoms with Crippen molar-refractivity contribution in [3.05, 3.63) is 0 Å². The molecule has 0 aliphatic carbocycles. The van der Waals surface area contributed by atoms with Gasteiger partial charge in [-0.1, -0.05) is 20.3 Å². The molecular formula is C24H41N7O10S. The summed E-state index contributed by atoms with van der Waals surface area (Å²) in [6, 6.07) is -7.28. The van der Waals surface area contributed by atoms with Crippen LogP contribution < -0.4 is 38.5 Å². The number of rotatable bonds is 21. The van der Waals surface area contributed by atoms with Crippen molar-refractivity contribution in [2.24, 2.45) is 23.1 Å². The molecular weight excluding hydrogens is 578 g/mol. The number of primary amides is 2. The first-order chi connectivity index (χ1) is 19.5. The van der Waals surface area contributed by atoms with Crippen LogP contribution >= 0.6 is 11.8 Å². The van der Waals surface area contributed by atoms with Gasteiger partial charge in [-0.3, -0.25) is 33.6 Å². The molecule has 0 aromatic heterocycles. The lowest BCUT2D eigenvalue weighted by Gasteiger charge is -2.26. The number of nitrogens with one attached hydrogen (secondary N) is 4. The fourth-order valence-electron chi connectivity index (χ4n) is 3.49. The predicted molar refractivity (Wildman–Crippen MR) is 150 cm³/mol. The molecule has 6 atom stereocenters. The van der Waals surface area contributed by atoms with Gasteiger partial charge in [0.05, 0.1) is 18.9 Å². The average Bonchev–Trinajstić information content (AvgIpc) is 2.89. The average molecular weight is 620 g/mol. The molecule has 42 heavy (non-hydrogen) atoms. The van der Waals surface area contributed by atoms with E-state index in [-0.39, 0.29) is 6.42 Å². The minimum absolute atomic E-state index is 0.255. The van der Waals surface area contributed by atoms with E-state index < -0.39 is 109 Å². The zero-order valence-corrected chi connectivity index (χ0v) is 24.5. The topological polar surface area (TPSA) is 303 Å². The molecule has 6 amide bonds. The summed E-state index contributed by atoms with van der Waals surface area (Å²) < 4.78 is 0. The molecule has 0 radical (unpaired) electrons. The van der Waals surface area contributed by atoms with E-state index in [0.29, 0.717) is 12.2 Å². The second-order valence-corrected chi connectivity index (χ2v) is 10.5. The molecule has 0 aromatic carbocycles. The van der Waals surface area contributed by atoms with E-state index in [2.05, 4.69) is 21.3 Å². The molecule has 0 fully saturated rings. The predicted octanol–water partition coefficient (Wildman–Crippen LogP) is -3.25. The van der Waals surface area contributed by atoms with Crippen LogP contribution in [0, 0.1) is 5.92 Å². The number of carboxylic acid groups (broad SMARTS) is 2. The Balaban J connectivity index is 5.97. The Hall–Kier alpha value is -3.93.